The van der Waals surface area contributed by atoms with Crippen LogP contribution in [0.5, 0.6) is 0 Å². The zero-order valence-corrected chi connectivity index (χ0v) is 11.4. The Hall–Kier alpha value is -1.46. The molecule has 1 aliphatic heterocycles. The van der Waals surface area contributed by atoms with Gasteiger partial charge >= 0.3 is 5.97 Å². The standard InChI is InChI=1S/C14H16N2O2S/c17-13(18)14(6-3-7-15-9-14)8-12-16-10-4-1-2-5-11(10)19-12/h1-2,4-5,15H,3,6-9H2,(H,17,18). The maximum atomic E-state index is 11.6. The molecule has 1 aromatic carbocycles. The predicted octanol–water partition coefficient (Wildman–Crippen LogP) is 2.29. The highest BCUT2D eigenvalue weighted by atomic mass is 32.1. The summed E-state index contributed by atoms with van der Waals surface area (Å²) in [4.78, 5) is 16.2. The van der Waals surface area contributed by atoms with Gasteiger partial charge in [0.25, 0.3) is 0 Å². The number of thiazole rings is 1. The molecule has 2 N–H and O–H groups in total. The van der Waals surface area contributed by atoms with Crippen molar-refractivity contribution in [3.63, 3.8) is 0 Å². The molecular weight excluding hydrogens is 260 g/mol. The third-order valence-electron chi connectivity index (χ3n) is 3.75. The Bertz CT molecular complexity index is 569. The van der Waals surface area contributed by atoms with E-state index in [0.29, 0.717) is 13.0 Å². The van der Waals surface area contributed by atoms with Crippen molar-refractivity contribution in [2.24, 2.45) is 5.41 Å². The summed E-state index contributed by atoms with van der Waals surface area (Å²) in [5.41, 5.74) is 0.276. The molecule has 0 amide bonds. The largest absolute Gasteiger partial charge is 0.481 e. The second kappa shape index (κ2) is 4.90. The van der Waals surface area contributed by atoms with Crippen molar-refractivity contribution in [3.8, 4) is 0 Å². The predicted molar refractivity (Wildman–Crippen MR) is 75.5 cm³/mol. The van der Waals surface area contributed by atoms with Crippen LogP contribution in [0.25, 0.3) is 10.2 Å². The maximum Gasteiger partial charge on any atom is 0.311 e. The van der Waals surface area contributed by atoms with Crippen LogP contribution in [0.2, 0.25) is 0 Å². The Morgan fingerprint density at radius 1 is 1.47 bits per heavy atom. The molecule has 0 radical (unpaired) electrons. The second-order valence-corrected chi connectivity index (χ2v) is 6.23. The van der Waals surface area contributed by atoms with E-state index < -0.39 is 11.4 Å². The number of nitrogens with zero attached hydrogens (tertiary/aromatic N) is 1. The monoisotopic (exact) mass is 276 g/mol. The van der Waals surface area contributed by atoms with Crippen LogP contribution in [0.1, 0.15) is 17.8 Å². The Morgan fingerprint density at radius 2 is 2.32 bits per heavy atom. The number of para-hydroxylation sites is 1. The van der Waals surface area contributed by atoms with Gasteiger partial charge in [-0.3, -0.25) is 4.79 Å². The van der Waals surface area contributed by atoms with Crippen LogP contribution in [0.3, 0.4) is 0 Å². The third kappa shape index (κ3) is 2.35. The Kier molecular flexibility index (Phi) is 3.24. The van der Waals surface area contributed by atoms with Gasteiger partial charge < -0.3 is 10.4 Å². The van der Waals surface area contributed by atoms with Crippen LogP contribution in [0, 0.1) is 5.41 Å². The zero-order chi connectivity index (χ0) is 13.3. The van der Waals surface area contributed by atoms with Crippen molar-refractivity contribution in [1.82, 2.24) is 10.3 Å². The summed E-state index contributed by atoms with van der Waals surface area (Å²) in [5.74, 6) is -0.709. The fourth-order valence-corrected chi connectivity index (χ4v) is 3.77. The Morgan fingerprint density at radius 3 is 3.00 bits per heavy atom. The number of aromatic nitrogens is 1. The van der Waals surface area contributed by atoms with E-state index >= 15 is 0 Å². The molecule has 100 valence electrons. The summed E-state index contributed by atoms with van der Waals surface area (Å²) in [6.45, 7) is 1.45. The minimum atomic E-state index is -0.709. The van der Waals surface area contributed by atoms with Crippen molar-refractivity contribution in [2.45, 2.75) is 19.3 Å². The van der Waals surface area contributed by atoms with Crippen LogP contribution < -0.4 is 5.32 Å². The van der Waals surface area contributed by atoms with Gasteiger partial charge in [-0.15, -0.1) is 11.3 Å². The van der Waals surface area contributed by atoms with Crippen LogP contribution in [0.4, 0.5) is 0 Å². The highest BCUT2D eigenvalue weighted by Crippen LogP contribution is 2.33. The molecule has 1 saturated heterocycles. The van der Waals surface area contributed by atoms with E-state index in [1.54, 1.807) is 11.3 Å². The molecule has 0 bridgehead atoms. The van der Waals surface area contributed by atoms with Gasteiger partial charge in [0, 0.05) is 13.0 Å². The van der Waals surface area contributed by atoms with Crippen molar-refractivity contribution in [1.29, 1.82) is 0 Å². The number of carboxylic acid groups (broad SMARTS) is 1. The first-order valence-corrected chi connectivity index (χ1v) is 7.30. The summed E-state index contributed by atoms with van der Waals surface area (Å²) in [5, 5.41) is 13.7. The number of hydrogen-bond acceptors (Lipinski definition) is 4. The van der Waals surface area contributed by atoms with Gasteiger partial charge in [-0.05, 0) is 31.5 Å². The lowest BCUT2D eigenvalue weighted by Gasteiger charge is -2.32. The molecule has 1 aliphatic rings. The van der Waals surface area contributed by atoms with Gasteiger partial charge in [0.15, 0.2) is 0 Å². The molecule has 0 saturated carbocycles. The van der Waals surface area contributed by atoms with Crippen LogP contribution >= 0.6 is 11.3 Å². The van der Waals surface area contributed by atoms with E-state index in [1.165, 1.54) is 0 Å². The molecule has 2 aromatic rings. The maximum absolute atomic E-state index is 11.6. The molecule has 1 aromatic heterocycles. The molecule has 3 rings (SSSR count). The minimum Gasteiger partial charge on any atom is -0.481 e. The molecule has 4 nitrogen and oxygen atoms in total. The lowest BCUT2D eigenvalue weighted by molar-refractivity contribution is -0.150. The van der Waals surface area contributed by atoms with Gasteiger partial charge in [0.05, 0.1) is 20.6 Å². The highest BCUT2D eigenvalue weighted by Gasteiger charge is 2.40. The molecule has 1 unspecified atom stereocenters. The number of piperidine rings is 1. The average Bonchev–Trinajstić information content (AvgIpc) is 2.81. The SMILES string of the molecule is O=C(O)C1(Cc2nc3ccccc3s2)CCCNC1. The number of fused-ring (bicyclic) bond motifs is 1. The van der Waals surface area contributed by atoms with Crippen molar-refractivity contribution >= 4 is 27.5 Å². The first kappa shape index (κ1) is 12.6. The fraction of sp³-hybridized carbons (Fsp3) is 0.429. The number of hydrogen-bond donors (Lipinski definition) is 2. The summed E-state index contributed by atoms with van der Waals surface area (Å²) in [6, 6.07) is 7.95. The lowest BCUT2D eigenvalue weighted by atomic mass is 9.78. The van der Waals surface area contributed by atoms with Gasteiger partial charge in [0.2, 0.25) is 0 Å². The van der Waals surface area contributed by atoms with Gasteiger partial charge in [-0.1, -0.05) is 12.1 Å². The normalized spacial score (nSPS) is 23.6. The molecule has 5 heteroatoms. The van der Waals surface area contributed by atoms with E-state index in [4.69, 9.17) is 0 Å². The van der Waals surface area contributed by atoms with Crippen LogP contribution in [-0.2, 0) is 11.2 Å². The molecule has 1 fully saturated rings. The number of carbonyl (C=O) groups is 1. The Labute approximate surface area is 115 Å². The van der Waals surface area contributed by atoms with E-state index in [9.17, 15) is 9.90 Å². The fourth-order valence-electron chi connectivity index (χ4n) is 2.66. The summed E-state index contributed by atoms with van der Waals surface area (Å²) in [6.07, 6.45) is 2.16. The van der Waals surface area contributed by atoms with Crippen molar-refractivity contribution in [3.05, 3.63) is 29.3 Å². The molecule has 0 aliphatic carbocycles. The second-order valence-electron chi connectivity index (χ2n) is 5.12. The number of nitrogens with one attached hydrogen (secondary N) is 1. The first-order chi connectivity index (χ1) is 9.20. The molecule has 2 heterocycles. The molecule has 1 atom stereocenters. The van der Waals surface area contributed by atoms with Gasteiger partial charge in [0.1, 0.15) is 0 Å². The highest BCUT2D eigenvalue weighted by molar-refractivity contribution is 7.18. The zero-order valence-electron chi connectivity index (χ0n) is 10.6. The van der Waals surface area contributed by atoms with Crippen LogP contribution in [0.15, 0.2) is 24.3 Å². The lowest BCUT2D eigenvalue weighted by Crippen LogP contribution is -2.46. The quantitative estimate of drug-likeness (QED) is 0.903. The van der Waals surface area contributed by atoms with Crippen molar-refractivity contribution in [2.75, 3.05) is 13.1 Å². The van der Waals surface area contributed by atoms with Gasteiger partial charge in [-0.25, -0.2) is 4.98 Å². The third-order valence-corrected chi connectivity index (χ3v) is 4.79. The first-order valence-electron chi connectivity index (χ1n) is 6.48. The van der Waals surface area contributed by atoms with E-state index in [-0.39, 0.29) is 0 Å². The van der Waals surface area contributed by atoms with E-state index in [1.807, 2.05) is 24.3 Å². The minimum absolute atomic E-state index is 0.523. The Balaban J connectivity index is 1.91. The summed E-state index contributed by atoms with van der Waals surface area (Å²) < 4.78 is 1.13. The summed E-state index contributed by atoms with van der Waals surface area (Å²) >= 11 is 1.60. The number of rotatable bonds is 3. The summed E-state index contributed by atoms with van der Waals surface area (Å²) in [7, 11) is 0. The molecule has 19 heavy (non-hydrogen) atoms. The smallest absolute Gasteiger partial charge is 0.311 e. The number of benzene rings is 1. The van der Waals surface area contributed by atoms with E-state index in [2.05, 4.69) is 10.3 Å². The average molecular weight is 276 g/mol. The number of aliphatic carboxylic acids is 1. The van der Waals surface area contributed by atoms with Crippen LogP contribution in [-0.4, -0.2) is 29.1 Å². The number of carboxylic acids is 1. The molecule has 0 spiro atoms. The molecular formula is C14H16N2O2S. The van der Waals surface area contributed by atoms with Crippen molar-refractivity contribution < 1.29 is 9.90 Å². The van der Waals surface area contributed by atoms with E-state index in [0.717, 1.165) is 34.6 Å². The topological polar surface area (TPSA) is 62.2 Å². The van der Waals surface area contributed by atoms with Gasteiger partial charge in [-0.2, -0.15) is 0 Å².